The van der Waals surface area contributed by atoms with Crippen molar-refractivity contribution in [1.29, 1.82) is 0 Å². The molecule has 1 unspecified atom stereocenters. The standard InChI is InChI=1S/C9H20N2S/c1-3-12-7-5-10-9-4-6-11(2)8-9/h9-10H,3-8H2,1-2H3. The molecule has 72 valence electrons. The molecule has 0 saturated carbocycles. The molecule has 0 amide bonds. The molecule has 1 N–H and O–H groups in total. The maximum atomic E-state index is 3.58. The summed E-state index contributed by atoms with van der Waals surface area (Å²) in [7, 11) is 2.20. The van der Waals surface area contributed by atoms with E-state index in [2.05, 4.69) is 24.2 Å². The summed E-state index contributed by atoms with van der Waals surface area (Å²) in [5, 5.41) is 3.58. The lowest BCUT2D eigenvalue weighted by atomic mass is 10.3. The third kappa shape index (κ3) is 3.78. The maximum Gasteiger partial charge on any atom is 0.0207 e. The highest BCUT2D eigenvalue weighted by Gasteiger charge is 2.17. The van der Waals surface area contributed by atoms with Gasteiger partial charge in [-0.2, -0.15) is 11.8 Å². The van der Waals surface area contributed by atoms with Gasteiger partial charge in [-0.1, -0.05) is 6.92 Å². The Balaban J connectivity index is 1.93. The van der Waals surface area contributed by atoms with Crippen molar-refractivity contribution < 1.29 is 0 Å². The Kier molecular flexibility index (Phi) is 5.04. The van der Waals surface area contributed by atoms with Crippen LogP contribution in [0, 0.1) is 0 Å². The SMILES string of the molecule is CCSCCNC1CCN(C)C1. The van der Waals surface area contributed by atoms with Crippen molar-refractivity contribution in [2.45, 2.75) is 19.4 Å². The number of nitrogens with one attached hydrogen (secondary N) is 1. The van der Waals surface area contributed by atoms with E-state index in [0.29, 0.717) is 0 Å². The molecule has 0 aromatic carbocycles. The number of rotatable bonds is 5. The molecule has 1 heterocycles. The Morgan fingerprint density at radius 3 is 3.00 bits per heavy atom. The second-order valence-electron chi connectivity index (χ2n) is 3.40. The Hall–Kier alpha value is 0.270. The van der Waals surface area contributed by atoms with Crippen molar-refractivity contribution >= 4 is 11.8 Å². The molecule has 0 aromatic rings. The van der Waals surface area contributed by atoms with Crippen LogP contribution in [-0.2, 0) is 0 Å². The summed E-state index contributed by atoms with van der Waals surface area (Å²) in [5.74, 6) is 2.50. The molecular weight excluding hydrogens is 168 g/mol. The number of hydrogen-bond acceptors (Lipinski definition) is 3. The molecule has 12 heavy (non-hydrogen) atoms. The Morgan fingerprint density at radius 2 is 2.42 bits per heavy atom. The van der Waals surface area contributed by atoms with Crippen LogP contribution in [0.4, 0.5) is 0 Å². The van der Waals surface area contributed by atoms with Gasteiger partial charge in [-0.25, -0.2) is 0 Å². The molecule has 1 saturated heterocycles. The molecule has 0 aromatic heterocycles. The highest BCUT2D eigenvalue weighted by molar-refractivity contribution is 7.99. The first kappa shape index (κ1) is 10.4. The molecule has 0 spiro atoms. The van der Waals surface area contributed by atoms with Crippen LogP contribution in [0.5, 0.6) is 0 Å². The predicted molar refractivity (Wildman–Crippen MR) is 56.9 cm³/mol. The molecule has 0 aliphatic carbocycles. The third-order valence-corrected chi connectivity index (χ3v) is 3.18. The fraction of sp³-hybridized carbons (Fsp3) is 1.00. The van der Waals surface area contributed by atoms with Gasteiger partial charge >= 0.3 is 0 Å². The zero-order valence-electron chi connectivity index (χ0n) is 8.18. The number of nitrogens with zero attached hydrogens (tertiary/aromatic N) is 1. The molecule has 1 aliphatic rings. The quantitative estimate of drug-likeness (QED) is 0.649. The van der Waals surface area contributed by atoms with Crippen molar-refractivity contribution in [1.82, 2.24) is 10.2 Å². The summed E-state index contributed by atoms with van der Waals surface area (Å²) in [6, 6.07) is 0.757. The van der Waals surface area contributed by atoms with E-state index >= 15 is 0 Å². The lowest BCUT2D eigenvalue weighted by Gasteiger charge is -2.11. The van der Waals surface area contributed by atoms with Gasteiger partial charge in [0.25, 0.3) is 0 Å². The van der Waals surface area contributed by atoms with Crippen molar-refractivity contribution in [3.05, 3.63) is 0 Å². The summed E-state index contributed by atoms with van der Waals surface area (Å²) in [4.78, 5) is 2.39. The number of thioether (sulfide) groups is 1. The Labute approximate surface area is 80.1 Å². The highest BCUT2D eigenvalue weighted by Crippen LogP contribution is 2.06. The first-order valence-electron chi connectivity index (χ1n) is 4.82. The van der Waals surface area contributed by atoms with E-state index in [1.165, 1.54) is 37.6 Å². The minimum Gasteiger partial charge on any atom is -0.312 e. The first-order valence-corrected chi connectivity index (χ1v) is 5.98. The van der Waals surface area contributed by atoms with Gasteiger partial charge in [0.1, 0.15) is 0 Å². The van der Waals surface area contributed by atoms with E-state index in [9.17, 15) is 0 Å². The zero-order valence-corrected chi connectivity index (χ0v) is 8.99. The van der Waals surface area contributed by atoms with Crippen LogP contribution in [0.1, 0.15) is 13.3 Å². The third-order valence-electron chi connectivity index (χ3n) is 2.27. The molecule has 2 nitrogen and oxygen atoms in total. The van der Waals surface area contributed by atoms with Crippen LogP contribution in [0.3, 0.4) is 0 Å². The number of hydrogen-bond donors (Lipinski definition) is 1. The minimum absolute atomic E-state index is 0.757. The van der Waals surface area contributed by atoms with E-state index in [-0.39, 0.29) is 0 Å². The number of likely N-dealkylation sites (N-methyl/N-ethyl adjacent to an activating group) is 1. The molecule has 1 fully saturated rings. The zero-order chi connectivity index (χ0) is 8.81. The molecule has 1 aliphatic heterocycles. The van der Waals surface area contributed by atoms with Gasteiger partial charge in [0.15, 0.2) is 0 Å². The largest absolute Gasteiger partial charge is 0.312 e. The van der Waals surface area contributed by atoms with Crippen molar-refractivity contribution in [2.75, 3.05) is 38.2 Å². The van der Waals surface area contributed by atoms with Gasteiger partial charge < -0.3 is 10.2 Å². The van der Waals surface area contributed by atoms with E-state index in [1.807, 2.05) is 11.8 Å². The number of likely N-dealkylation sites (tertiary alicyclic amines) is 1. The fourth-order valence-electron chi connectivity index (χ4n) is 1.58. The average Bonchev–Trinajstić information content (AvgIpc) is 2.45. The van der Waals surface area contributed by atoms with E-state index in [0.717, 1.165) is 6.04 Å². The van der Waals surface area contributed by atoms with Gasteiger partial charge in [-0.05, 0) is 25.8 Å². The van der Waals surface area contributed by atoms with Gasteiger partial charge in [-0.3, -0.25) is 0 Å². The molecule has 1 atom stereocenters. The summed E-state index contributed by atoms with van der Waals surface area (Å²) >= 11 is 2.02. The highest BCUT2D eigenvalue weighted by atomic mass is 32.2. The van der Waals surface area contributed by atoms with Crippen LogP contribution < -0.4 is 5.32 Å². The lowest BCUT2D eigenvalue weighted by molar-refractivity contribution is 0.400. The second-order valence-corrected chi connectivity index (χ2v) is 4.79. The van der Waals surface area contributed by atoms with E-state index in [1.54, 1.807) is 0 Å². The van der Waals surface area contributed by atoms with Crippen molar-refractivity contribution in [3.63, 3.8) is 0 Å². The topological polar surface area (TPSA) is 15.3 Å². The van der Waals surface area contributed by atoms with Crippen LogP contribution in [-0.4, -0.2) is 49.1 Å². The normalized spacial score (nSPS) is 25.0. The minimum atomic E-state index is 0.757. The molecule has 0 radical (unpaired) electrons. The summed E-state index contributed by atoms with van der Waals surface area (Å²) in [6.45, 7) is 5.89. The van der Waals surface area contributed by atoms with Gasteiger partial charge in [0.05, 0.1) is 0 Å². The summed E-state index contributed by atoms with van der Waals surface area (Å²) < 4.78 is 0. The van der Waals surface area contributed by atoms with Crippen molar-refractivity contribution in [2.24, 2.45) is 0 Å². The molecule has 1 rings (SSSR count). The van der Waals surface area contributed by atoms with Gasteiger partial charge in [0.2, 0.25) is 0 Å². The van der Waals surface area contributed by atoms with Crippen LogP contribution in [0.25, 0.3) is 0 Å². The van der Waals surface area contributed by atoms with E-state index in [4.69, 9.17) is 0 Å². The van der Waals surface area contributed by atoms with Gasteiger partial charge in [0, 0.05) is 24.9 Å². The first-order chi connectivity index (χ1) is 5.83. The van der Waals surface area contributed by atoms with Crippen LogP contribution in [0.15, 0.2) is 0 Å². The summed E-state index contributed by atoms with van der Waals surface area (Å²) in [6.07, 6.45) is 1.33. The predicted octanol–water partition coefficient (Wildman–Crippen LogP) is 1.03. The monoisotopic (exact) mass is 188 g/mol. The lowest BCUT2D eigenvalue weighted by Crippen LogP contribution is -2.33. The Morgan fingerprint density at radius 1 is 1.58 bits per heavy atom. The molecule has 3 heteroatoms. The maximum absolute atomic E-state index is 3.58. The smallest absolute Gasteiger partial charge is 0.0207 e. The fourth-order valence-corrected chi connectivity index (χ4v) is 2.13. The average molecular weight is 188 g/mol. The van der Waals surface area contributed by atoms with Crippen LogP contribution >= 0.6 is 11.8 Å². The molecule has 0 bridgehead atoms. The van der Waals surface area contributed by atoms with E-state index < -0.39 is 0 Å². The second kappa shape index (κ2) is 5.84. The Bertz CT molecular complexity index is 119. The van der Waals surface area contributed by atoms with Crippen LogP contribution in [0.2, 0.25) is 0 Å². The molecular formula is C9H20N2S. The van der Waals surface area contributed by atoms with Crippen molar-refractivity contribution in [3.8, 4) is 0 Å². The summed E-state index contributed by atoms with van der Waals surface area (Å²) in [5.41, 5.74) is 0. The van der Waals surface area contributed by atoms with Gasteiger partial charge in [-0.15, -0.1) is 0 Å².